The first-order valence-electron chi connectivity index (χ1n) is 8.21. The number of carbonyl (C=O) groups is 1. The summed E-state index contributed by atoms with van der Waals surface area (Å²) in [5.41, 5.74) is 8.51. The summed E-state index contributed by atoms with van der Waals surface area (Å²) in [5.74, 6) is 1.05. The first kappa shape index (κ1) is 14.6. The summed E-state index contributed by atoms with van der Waals surface area (Å²) in [6, 6.07) is 8.40. The number of carbonyl (C=O) groups excluding carboxylic acids is 1. The van der Waals surface area contributed by atoms with Gasteiger partial charge in [-0.15, -0.1) is 0 Å². The SMILES string of the molecule is CC1CCC(CN)(NC(=O)C2Cc3ccccc3C2)CC1. The van der Waals surface area contributed by atoms with Gasteiger partial charge in [-0.3, -0.25) is 4.79 Å². The standard InChI is InChI=1S/C18H26N2O/c1-13-6-8-18(12-19,9-7-13)20-17(21)16-10-14-4-2-3-5-15(14)11-16/h2-5,13,16H,6-12,19H2,1H3,(H,20,21). The lowest BCUT2D eigenvalue weighted by Gasteiger charge is -2.40. The van der Waals surface area contributed by atoms with E-state index in [1.54, 1.807) is 0 Å². The van der Waals surface area contributed by atoms with E-state index >= 15 is 0 Å². The van der Waals surface area contributed by atoms with Crippen LogP contribution < -0.4 is 11.1 Å². The number of nitrogens with two attached hydrogens (primary N) is 1. The number of amides is 1. The molecule has 0 heterocycles. The largest absolute Gasteiger partial charge is 0.349 e. The molecule has 3 nitrogen and oxygen atoms in total. The van der Waals surface area contributed by atoms with Gasteiger partial charge in [-0.2, -0.15) is 0 Å². The molecule has 3 N–H and O–H groups in total. The van der Waals surface area contributed by atoms with E-state index in [2.05, 4.69) is 36.5 Å². The molecule has 2 aliphatic carbocycles. The fraction of sp³-hybridized carbons (Fsp3) is 0.611. The Bertz CT molecular complexity index is 493. The number of rotatable bonds is 3. The van der Waals surface area contributed by atoms with E-state index in [0.29, 0.717) is 6.54 Å². The van der Waals surface area contributed by atoms with Crippen LogP contribution in [-0.4, -0.2) is 18.0 Å². The number of hydrogen-bond acceptors (Lipinski definition) is 2. The molecule has 0 radical (unpaired) electrons. The van der Waals surface area contributed by atoms with Crippen LogP contribution in [0.15, 0.2) is 24.3 Å². The lowest BCUT2D eigenvalue weighted by Crippen LogP contribution is -2.56. The molecule has 0 bridgehead atoms. The monoisotopic (exact) mass is 286 g/mol. The third-order valence-electron chi connectivity index (χ3n) is 5.43. The second-order valence-corrected chi connectivity index (χ2v) is 7.03. The summed E-state index contributed by atoms with van der Waals surface area (Å²) in [6.07, 6.45) is 6.13. The van der Waals surface area contributed by atoms with Crippen molar-refractivity contribution in [3.63, 3.8) is 0 Å². The van der Waals surface area contributed by atoms with Crippen molar-refractivity contribution >= 4 is 5.91 Å². The number of benzene rings is 1. The quantitative estimate of drug-likeness (QED) is 0.896. The summed E-state index contributed by atoms with van der Waals surface area (Å²) >= 11 is 0. The fourth-order valence-corrected chi connectivity index (χ4v) is 3.80. The van der Waals surface area contributed by atoms with Crippen LogP contribution in [0.4, 0.5) is 0 Å². The molecular formula is C18H26N2O. The Morgan fingerprint density at radius 2 is 1.81 bits per heavy atom. The van der Waals surface area contributed by atoms with E-state index in [1.807, 2.05) is 0 Å². The highest BCUT2D eigenvalue weighted by atomic mass is 16.2. The topological polar surface area (TPSA) is 55.1 Å². The van der Waals surface area contributed by atoms with Gasteiger partial charge < -0.3 is 11.1 Å². The zero-order valence-electron chi connectivity index (χ0n) is 12.9. The van der Waals surface area contributed by atoms with E-state index in [9.17, 15) is 4.79 Å². The summed E-state index contributed by atoms with van der Waals surface area (Å²) in [6.45, 7) is 2.85. The molecule has 1 saturated carbocycles. The van der Waals surface area contributed by atoms with Crippen molar-refractivity contribution in [2.45, 2.75) is 51.0 Å². The Hall–Kier alpha value is -1.35. The summed E-state index contributed by atoms with van der Waals surface area (Å²) in [5, 5.41) is 3.32. The van der Waals surface area contributed by atoms with Crippen LogP contribution >= 0.6 is 0 Å². The van der Waals surface area contributed by atoms with Crippen LogP contribution in [0.3, 0.4) is 0 Å². The average molecular weight is 286 g/mol. The molecule has 1 aromatic rings. The van der Waals surface area contributed by atoms with Crippen LogP contribution in [0.25, 0.3) is 0 Å². The Morgan fingerprint density at radius 3 is 2.33 bits per heavy atom. The summed E-state index contributed by atoms with van der Waals surface area (Å²) < 4.78 is 0. The van der Waals surface area contributed by atoms with Gasteiger partial charge >= 0.3 is 0 Å². The lowest BCUT2D eigenvalue weighted by atomic mass is 9.77. The number of hydrogen-bond donors (Lipinski definition) is 2. The maximum atomic E-state index is 12.7. The zero-order chi connectivity index (χ0) is 14.9. The van der Waals surface area contributed by atoms with Gasteiger partial charge in [-0.25, -0.2) is 0 Å². The predicted molar refractivity (Wildman–Crippen MR) is 84.9 cm³/mol. The smallest absolute Gasteiger partial charge is 0.224 e. The number of nitrogens with one attached hydrogen (secondary N) is 1. The van der Waals surface area contributed by atoms with Gasteiger partial charge in [0.05, 0.1) is 5.54 Å². The van der Waals surface area contributed by atoms with E-state index in [0.717, 1.165) is 31.6 Å². The molecule has 1 aromatic carbocycles. The molecule has 0 aromatic heterocycles. The van der Waals surface area contributed by atoms with Crippen molar-refractivity contribution in [2.75, 3.05) is 6.54 Å². The maximum Gasteiger partial charge on any atom is 0.224 e. The molecule has 1 amide bonds. The van der Waals surface area contributed by atoms with Gasteiger partial charge in [0, 0.05) is 12.5 Å². The first-order chi connectivity index (χ1) is 10.1. The Balaban J connectivity index is 1.64. The van der Waals surface area contributed by atoms with Crippen LogP contribution in [0.1, 0.15) is 43.7 Å². The number of fused-ring (bicyclic) bond motifs is 1. The van der Waals surface area contributed by atoms with Crippen molar-refractivity contribution in [3.05, 3.63) is 35.4 Å². The average Bonchev–Trinajstić information content (AvgIpc) is 2.94. The zero-order valence-corrected chi connectivity index (χ0v) is 12.9. The normalized spacial score (nSPS) is 29.1. The Kier molecular flexibility index (Phi) is 4.03. The molecule has 0 aliphatic heterocycles. The van der Waals surface area contributed by atoms with E-state index in [4.69, 9.17) is 5.73 Å². The van der Waals surface area contributed by atoms with Crippen molar-refractivity contribution in [3.8, 4) is 0 Å². The van der Waals surface area contributed by atoms with Crippen LogP contribution in [0, 0.1) is 11.8 Å². The van der Waals surface area contributed by atoms with Gasteiger partial charge in [-0.05, 0) is 55.6 Å². The summed E-state index contributed by atoms with van der Waals surface area (Å²) in [7, 11) is 0. The highest BCUT2D eigenvalue weighted by molar-refractivity contribution is 5.81. The molecule has 114 valence electrons. The maximum absolute atomic E-state index is 12.7. The van der Waals surface area contributed by atoms with Gasteiger partial charge in [0.25, 0.3) is 0 Å². The van der Waals surface area contributed by atoms with Gasteiger partial charge in [0.15, 0.2) is 0 Å². The Morgan fingerprint density at radius 1 is 1.24 bits per heavy atom. The van der Waals surface area contributed by atoms with Gasteiger partial charge in [-0.1, -0.05) is 31.2 Å². The first-order valence-corrected chi connectivity index (χ1v) is 8.21. The third kappa shape index (κ3) is 2.98. The van der Waals surface area contributed by atoms with E-state index < -0.39 is 0 Å². The summed E-state index contributed by atoms with van der Waals surface area (Å²) in [4.78, 5) is 12.7. The minimum atomic E-state index is -0.154. The fourth-order valence-electron chi connectivity index (χ4n) is 3.80. The molecule has 3 rings (SSSR count). The predicted octanol–water partition coefficient (Wildman–Crippen LogP) is 2.43. The molecule has 0 unspecified atom stereocenters. The van der Waals surface area contributed by atoms with Crippen LogP contribution in [0.2, 0.25) is 0 Å². The minimum Gasteiger partial charge on any atom is -0.349 e. The van der Waals surface area contributed by atoms with Gasteiger partial charge in [0.1, 0.15) is 0 Å². The van der Waals surface area contributed by atoms with Gasteiger partial charge in [0.2, 0.25) is 5.91 Å². The lowest BCUT2D eigenvalue weighted by molar-refractivity contribution is -0.127. The second kappa shape index (κ2) is 5.80. The molecule has 1 fully saturated rings. The molecule has 3 heteroatoms. The molecule has 2 aliphatic rings. The highest BCUT2D eigenvalue weighted by Crippen LogP contribution is 2.33. The van der Waals surface area contributed by atoms with Crippen LogP contribution in [-0.2, 0) is 17.6 Å². The van der Waals surface area contributed by atoms with Crippen molar-refractivity contribution < 1.29 is 4.79 Å². The minimum absolute atomic E-state index is 0.0881. The van der Waals surface area contributed by atoms with Crippen molar-refractivity contribution in [2.24, 2.45) is 17.6 Å². The Labute approximate surface area is 127 Å². The van der Waals surface area contributed by atoms with Crippen molar-refractivity contribution in [1.29, 1.82) is 0 Å². The second-order valence-electron chi connectivity index (χ2n) is 7.03. The molecular weight excluding hydrogens is 260 g/mol. The molecule has 0 spiro atoms. The molecule has 0 saturated heterocycles. The van der Waals surface area contributed by atoms with Crippen LogP contribution in [0.5, 0.6) is 0 Å². The molecule has 21 heavy (non-hydrogen) atoms. The molecule has 0 atom stereocenters. The third-order valence-corrected chi connectivity index (χ3v) is 5.43. The van der Waals surface area contributed by atoms with E-state index in [-0.39, 0.29) is 17.4 Å². The van der Waals surface area contributed by atoms with E-state index in [1.165, 1.54) is 24.0 Å². The highest BCUT2D eigenvalue weighted by Gasteiger charge is 2.37. The van der Waals surface area contributed by atoms with Crippen molar-refractivity contribution in [1.82, 2.24) is 5.32 Å².